The number of piperazine rings is 1. The van der Waals surface area contributed by atoms with E-state index in [1.54, 1.807) is 12.1 Å². The third-order valence-electron chi connectivity index (χ3n) is 5.30. The number of nitrogens with one attached hydrogen (secondary N) is 1. The standard InChI is InChI=1S/C21H25Cl2N7/c1-28(2)19-14-21(24,15-6-7-16(22)17(23)13-15)27-20(26-19)30-11-9-29(10-12-30)18-5-3-4-8-25-18/h3-8,13-14H,9-12,24H2,1-2H3,(H,26,27). The highest BCUT2D eigenvalue weighted by Crippen LogP contribution is 2.31. The van der Waals surface area contributed by atoms with Gasteiger partial charge in [-0.25, -0.2) is 9.98 Å². The van der Waals surface area contributed by atoms with Crippen LogP contribution in [-0.4, -0.2) is 61.0 Å². The number of hydrogen-bond acceptors (Lipinski definition) is 7. The number of halogens is 2. The minimum absolute atomic E-state index is 0.457. The van der Waals surface area contributed by atoms with Gasteiger partial charge in [-0.15, -0.1) is 0 Å². The van der Waals surface area contributed by atoms with Crippen molar-refractivity contribution in [3.63, 3.8) is 0 Å². The SMILES string of the molecule is CN(C)C1=CC(N)(c2ccc(Cl)c(Cl)c2)N=C(N2CCN(c3ccccn3)CC2)N1. The molecule has 0 radical (unpaired) electrons. The zero-order valence-electron chi connectivity index (χ0n) is 17.0. The molecule has 1 aromatic carbocycles. The van der Waals surface area contributed by atoms with E-state index < -0.39 is 5.66 Å². The summed E-state index contributed by atoms with van der Waals surface area (Å²) in [6.07, 6.45) is 3.73. The minimum Gasteiger partial charge on any atom is -0.364 e. The molecule has 1 saturated heterocycles. The Morgan fingerprint density at radius 2 is 1.77 bits per heavy atom. The average molecular weight is 446 g/mol. The first-order chi connectivity index (χ1) is 14.4. The third kappa shape index (κ3) is 4.19. The van der Waals surface area contributed by atoms with Crippen molar-refractivity contribution in [1.82, 2.24) is 20.1 Å². The van der Waals surface area contributed by atoms with Crippen molar-refractivity contribution in [2.75, 3.05) is 45.2 Å². The number of guanidine groups is 1. The Kier molecular flexibility index (Phi) is 5.77. The van der Waals surface area contributed by atoms with Gasteiger partial charge in [-0.3, -0.25) is 5.73 Å². The number of aliphatic imine (C=N–C) groups is 1. The van der Waals surface area contributed by atoms with Gasteiger partial charge in [-0.1, -0.05) is 35.3 Å². The van der Waals surface area contributed by atoms with Crippen LogP contribution in [0.1, 0.15) is 5.56 Å². The van der Waals surface area contributed by atoms with E-state index in [0.717, 1.165) is 49.3 Å². The molecule has 1 atom stereocenters. The van der Waals surface area contributed by atoms with Crippen LogP contribution < -0.4 is 16.0 Å². The van der Waals surface area contributed by atoms with Crippen molar-refractivity contribution in [2.24, 2.45) is 10.7 Å². The smallest absolute Gasteiger partial charge is 0.202 e. The molecule has 9 heteroatoms. The second-order valence-corrected chi connectivity index (χ2v) is 8.42. The summed E-state index contributed by atoms with van der Waals surface area (Å²) >= 11 is 12.3. The van der Waals surface area contributed by atoms with Crippen molar-refractivity contribution >= 4 is 35.0 Å². The summed E-state index contributed by atoms with van der Waals surface area (Å²) < 4.78 is 0. The highest BCUT2D eigenvalue weighted by molar-refractivity contribution is 6.42. The van der Waals surface area contributed by atoms with Crippen LogP contribution >= 0.6 is 23.2 Å². The van der Waals surface area contributed by atoms with Crippen LogP contribution in [0.25, 0.3) is 0 Å². The average Bonchev–Trinajstić information content (AvgIpc) is 2.76. The maximum atomic E-state index is 6.76. The molecule has 0 bridgehead atoms. The highest BCUT2D eigenvalue weighted by Gasteiger charge is 2.33. The molecule has 2 aromatic rings. The number of benzene rings is 1. The van der Waals surface area contributed by atoms with Gasteiger partial charge in [0.25, 0.3) is 0 Å². The first kappa shape index (κ1) is 20.8. The predicted molar refractivity (Wildman–Crippen MR) is 123 cm³/mol. The van der Waals surface area contributed by atoms with E-state index >= 15 is 0 Å². The largest absolute Gasteiger partial charge is 0.364 e. The number of nitrogens with two attached hydrogens (primary N) is 1. The van der Waals surface area contributed by atoms with Crippen LogP contribution in [0.5, 0.6) is 0 Å². The van der Waals surface area contributed by atoms with Crippen LogP contribution in [0.3, 0.4) is 0 Å². The molecule has 2 aliphatic heterocycles. The van der Waals surface area contributed by atoms with Crippen molar-refractivity contribution in [1.29, 1.82) is 0 Å². The van der Waals surface area contributed by atoms with Gasteiger partial charge >= 0.3 is 0 Å². The summed E-state index contributed by atoms with van der Waals surface area (Å²) in [4.78, 5) is 15.8. The van der Waals surface area contributed by atoms with Crippen LogP contribution in [-0.2, 0) is 5.66 Å². The van der Waals surface area contributed by atoms with Crippen molar-refractivity contribution in [2.45, 2.75) is 5.66 Å². The highest BCUT2D eigenvalue weighted by atomic mass is 35.5. The van der Waals surface area contributed by atoms with Gasteiger partial charge in [0.05, 0.1) is 10.0 Å². The fourth-order valence-electron chi connectivity index (χ4n) is 3.57. The summed E-state index contributed by atoms with van der Waals surface area (Å²) in [5.41, 5.74) is 6.49. The van der Waals surface area contributed by atoms with E-state index in [2.05, 4.69) is 20.1 Å². The Bertz CT molecular complexity index is 969. The first-order valence-corrected chi connectivity index (χ1v) is 10.5. The molecule has 3 heterocycles. The van der Waals surface area contributed by atoms with Crippen molar-refractivity contribution < 1.29 is 0 Å². The molecular formula is C21H25Cl2N7. The monoisotopic (exact) mass is 445 g/mol. The number of aromatic nitrogens is 1. The summed E-state index contributed by atoms with van der Waals surface area (Å²) in [5.74, 6) is 2.62. The van der Waals surface area contributed by atoms with E-state index in [0.29, 0.717) is 10.0 Å². The van der Waals surface area contributed by atoms with Gasteiger partial charge in [-0.05, 0) is 29.8 Å². The minimum atomic E-state index is -1.05. The Morgan fingerprint density at radius 3 is 2.40 bits per heavy atom. The molecule has 158 valence electrons. The van der Waals surface area contributed by atoms with Crippen molar-refractivity contribution in [3.05, 3.63) is 70.1 Å². The van der Waals surface area contributed by atoms with E-state index in [9.17, 15) is 0 Å². The predicted octanol–water partition coefficient (Wildman–Crippen LogP) is 2.68. The lowest BCUT2D eigenvalue weighted by atomic mass is 9.99. The van der Waals surface area contributed by atoms with Gasteiger partial charge in [0.15, 0.2) is 5.66 Å². The molecule has 3 N–H and O–H groups in total. The zero-order valence-corrected chi connectivity index (χ0v) is 18.5. The van der Waals surface area contributed by atoms with E-state index in [1.807, 2.05) is 55.5 Å². The van der Waals surface area contributed by atoms with Gasteiger partial charge < -0.3 is 20.0 Å². The third-order valence-corrected chi connectivity index (χ3v) is 6.04. The second-order valence-electron chi connectivity index (χ2n) is 7.60. The van der Waals surface area contributed by atoms with Crippen molar-refractivity contribution in [3.8, 4) is 0 Å². The summed E-state index contributed by atoms with van der Waals surface area (Å²) in [6.45, 7) is 3.31. The van der Waals surface area contributed by atoms with Gasteiger partial charge in [0.1, 0.15) is 11.6 Å². The Balaban J connectivity index is 1.59. The molecule has 1 aromatic heterocycles. The second kappa shape index (κ2) is 8.34. The Labute approximate surface area is 186 Å². The quantitative estimate of drug-likeness (QED) is 0.756. The van der Waals surface area contributed by atoms with Gasteiger partial charge in [-0.2, -0.15) is 0 Å². The molecular weight excluding hydrogens is 421 g/mol. The first-order valence-electron chi connectivity index (χ1n) is 9.78. The number of anilines is 1. The van der Waals surface area contributed by atoms with Crippen LogP contribution in [0, 0.1) is 0 Å². The maximum Gasteiger partial charge on any atom is 0.202 e. The molecule has 0 aliphatic carbocycles. The molecule has 2 aliphatic rings. The summed E-state index contributed by atoms with van der Waals surface area (Å²) in [5, 5.41) is 4.36. The molecule has 0 spiro atoms. The number of rotatable bonds is 3. The van der Waals surface area contributed by atoms with Gasteiger partial charge in [0.2, 0.25) is 5.96 Å². The molecule has 7 nitrogen and oxygen atoms in total. The maximum absolute atomic E-state index is 6.76. The van der Waals surface area contributed by atoms with Crippen LogP contribution in [0.2, 0.25) is 10.0 Å². The summed E-state index contributed by atoms with van der Waals surface area (Å²) in [6, 6.07) is 11.4. The molecule has 0 saturated carbocycles. The normalized spacial score (nSPS) is 21.6. The van der Waals surface area contributed by atoms with E-state index in [1.165, 1.54) is 0 Å². The topological polar surface area (TPSA) is 73.0 Å². The lowest BCUT2D eigenvalue weighted by Gasteiger charge is -2.41. The lowest BCUT2D eigenvalue weighted by molar-refractivity contribution is 0.352. The van der Waals surface area contributed by atoms with E-state index in [4.69, 9.17) is 33.9 Å². The van der Waals surface area contributed by atoms with Crippen LogP contribution in [0.4, 0.5) is 5.82 Å². The molecule has 0 amide bonds. The molecule has 4 rings (SSSR count). The fourth-order valence-corrected chi connectivity index (χ4v) is 3.86. The molecule has 1 fully saturated rings. The Hall–Kier alpha value is -2.48. The summed E-state index contributed by atoms with van der Waals surface area (Å²) in [7, 11) is 3.94. The van der Waals surface area contributed by atoms with E-state index in [-0.39, 0.29) is 0 Å². The van der Waals surface area contributed by atoms with Crippen LogP contribution in [0.15, 0.2) is 59.5 Å². The number of hydrogen-bond donors (Lipinski definition) is 2. The lowest BCUT2D eigenvalue weighted by Crippen LogP contribution is -2.56. The molecule has 30 heavy (non-hydrogen) atoms. The zero-order chi connectivity index (χ0) is 21.3. The fraction of sp³-hybridized carbons (Fsp3) is 0.333. The number of pyridine rings is 1. The number of nitrogens with zero attached hydrogens (tertiary/aromatic N) is 5. The molecule has 1 unspecified atom stereocenters. The Morgan fingerprint density at radius 1 is 1.03 bits per heavy atom. The van der Waals surface area contributed by atoms with Gasteiger partial charge in [0, 0.05) is 52.5 Å².